The molecule has 0 radical (unpaired) electrons. The van der Waals surface area contributed by atoms with Gasteiger partial charge in [-0.2, -0.15) is 0 Å². The van der Waals surface area contributed by atoms with Crippen molar-refractivity contribution in [2.24, 2.45) is 11.8 Å². The smallest absolute Gasteiger partial charge is 0.0134 e. The van der Waals surface area contributed by atoms with Gasteiger partial charge in [0.05, 0.1) is 0 Å². The van der Waals surface area contributed by atoms with Crippen LogP contribution in [0.3, 0.4) is 0 Å². The van der Waals surface area contributed by atoms with Crippen LogP contribution in [0.2, 0.25) is 0 Å². The molecule has 1 fully saturated rings. The summed E-state index contributed by atoms with van der Waals surface area (Å²) in [4.78, 5) is 0. The zero-order valence-electron chi connectivity index (χ0n) is 8.34. The maximum atomic E-state index is 3.72. The van der Waals surface area contributed by atoms with Crippen molar-refractivity contribution >= 4 is 0 Å². The van der Waals surface area contributed by atoms with Crippen molar-refractivity contribution in [3.05, 3.63) is 12.7 Å². The summed E-state index contributed by atoms with van der Waals surface area (Å²) in [6, 6.07) is 0.738. The number of hydrogen-bond acceptors (Lipinski definition) is 1. The Morgan fingerprint density at radius 2 is 1.83 bits per heavy atom. The first kappa shape index (κ1) is 9.79. The summed E-state index contributed by atoms with van der Waals surface area (Å²) >= 11 is 0. The van der Waals surface area contributed by atoms with Crippen LogP contribution in [0.4, 0.5) is 0 Å². The Morgan fingerprint density at radius 1 is 1.25 bits per heavy atom. The van der Waals surface area contributed by atoms with Crippen molar-refractivity contribution in [2.45, 2.75) is 39.2 Å². The Hall–Kier alpha value is -0.300. The molecule has 12 heavy (non-hydrogen) atoms. The second-order valence-corrected chi connectivity index (χ2v) is 4.31. The van der Waals surface area contributed by atoms with Crippen LogP contribution in [-0.2, 0) is 0 Å². The first-order valence-electron chi connectivity index (χ1n) is 5.06. The average molecular weight is 167 g/mol. The van der Waals surface area contributed by atoms with Crippen LogP contribution in [0.25, 0.3) is 0 Å². The summed E-state index contributed by atoms with van der Waals surface area (Å²) in [6.07, 6.45) is 6.05. The maximum absolute atomic E-state index is 3.72. The Balaban J connectivity index is 2.28. The van der Waals surface area contributed by atoms with Gasteiger partial charge in [0, 0.05) is 12.6 Å². The minimum atomic E-state index is 0.738. The van der Waals surface area contributed by atoms with Gasteiger partial charge in [-0.25, -0.2) is 0 Å². The highest BCUT2D eigenvalue weighted by Crippen LogP contribution is 2.28. The third kappa shape index (κ3) is 2.98. The third-order valence-corrected chi connectivity index (χ3v) is 2.73. The SMILES string of the molecule is C=CCNC1CC(C)CC(C)C1. The van der Waals surface area contributed by atoms with Crippen molar-refractivity contribution < 1.29 is 0 Å². The van der Waals surface area contributed by atoms with Crippen LogP contribution in [0.5, 0.6) is 0 Å². The van der Waals surface area contributed by atoms with E-state index >= 15 is 0 Å². The van der Waals surface area contributed by atoms with Gasteiger partial charge in [0.15, 0.2) is 0 Å². The molecular weight excluding hydrogens is 146 g/mol. The normalized spacial score (nSPS) is 36.3. The van der Waals surface area contributed by atoms with E-state index in [4.69, 9.17) is 0 Å². The molecule has 0 aromatic carbocycles. The van der Waals surface area contributed by atoms with E-state index in [2.05, 4.69) is 25.7 Å². The van der Waals surface area contributed by atoms with E-state index in [0.29, 0.717) is 0 Å². The lowest BCUT2D eigenvalue weighted by molar-refractivity contribution is 0.243. The van der Waals surface area contributed by atoms with Gasteiger partial charge in [-0.05, 0) is 31.1 Å². The van der Waals surface area contributed by atoms with Crippen molar-refractivity contribution in [3.63, 3.8) is 0 Å². The van der Waals surface area contributed by atoms with Crippen molar-refractivity contribution in [3.8, 4) is 0 Å². The molecule has 0 saturated heterocycles. The Labute approximate surface area is 76.2 Å². The predicted molar refractivity (Wildman–Crippen MR) is 54.2 cm³/mol. The van der Waals surface area contributed by atoms with Crippen LogP contribution in [0, 0.1) is 11.8 Å². The van der Waals surface area contributed by atoms with Gasteiger partial charge in [-0.15, -0.1) is 6.58 Å². The molecule has 1 N–H and O–H groups in total. The van der Waals surface area contributed by atoms with Crippen LogP contribution in [0.1, 0.15) is 33.1 Å². The molecule has 1 saturated carbocycles. The van der Waals surface area contributed by atoms with E-state index in [1.165, 1.54) is 19.3 Å². The molecule has 2 atom stereocenters. The third-order valence-electron chi connectivity index (χ3n) is 2.73. The quantitative estimate of drug-likeness (QED) is 0.637. The molecule has 0 spiro atoms. The highest BCUT2D eigenvalue weighted by molar-refractivity contribution is 4.82. The van der Waals surface area contributed by atoms with Gasteiger partial charge in [-0.1, -0.05) is 19.9 Å². The van der Waals surface area contributed by atoms with Gasteiger partial charge in [-0.3, -0.25) is 0 Å². The fourth-order valence-electron chi connectivity index (χ4n) is 2.36. The van der Waals surface area contributed by atoms with E-state index in [1.807, 2.05) is 6.08 Å². The van der Waals surface area contributed by atoms with Crippen molar-refractivity contribution in [1.82, 2.24) is 5.32 Å². The zero-order chi connectivity index (χ0) is 8.97. The molecule has 1 rings (SSSR count). The van der Waals surface area contributed by atoms with Gasteiger partial charge < -0.3 is 5.32 Å². The summed E-state index contributed by atoms with van der Waals surface area (Å²) in [7, 11) is 0. The largest absolute Gasteiger partial charge is 0.311 e. The minimum absolute atomic E-state index is 0.738. The predicted octanol–water partition coefficient (Wildman–Crippen LogP) is 2.59. The zero-order valence-corrected chi connectivity index (χ0v) is 8.34. The summed E-state index contributed by atoms with van der Waals surface area (Å²) in [6.45, 7) is 9.40. The lowest BCUT2D eigenvalue weighted by Gasteiger charge is -2.31. The van der Waals surface area contributed by atoms with E-state index in [0.717, 1.165) is 24.4 Å². The summed E-state index contributed by atoms with van der Waals surface area (Å²) in [5.41, 5.74) is 0. The molecule has 1 aliphatic carbocycles. The van der Waals surface area contributed by atoms with E-state index in [1.54, 1.807) is 0 Å². The lowest BCUT2D eigenvalue weighted by atomic mass is 9.80. The molecule has 70 valence electrons. The molecule has 0 aromatic heterocycles. The van der Waals surface area contributed by atoms with Crippen LogP contribution in [0.15, 0.2) is 12.7 Å². The standard InChI is InChI=1S/C11H21N/c1-4-5-12-11-7-9(2)6-10(3)8-11/h4,9-12H,1,5-8H2,2-3H3. The maximum Gasteiger partial charge on any atom is 0.0134 e. The van der Waals surface area contributed by atoms with Crippen LogP contribution in [-0.4, -0.2) is 12.6 Å². The summed E-state index contributed by atoms with van der Waals surface area (Å²) in [5, 5.41) is 3.51. The fourth-order valence-corrected chi connectivity index (χ4v) is 2.36. The monoisotopic (exact) mass is 167 g/mol. The summed E-state index contributed by atoms with van der Waals surface area (Å²) < 4.78 is 0. The van der Waals surface area contributed by atoms with Crippen LogP contribution < -0.4 is 5.32 Å². The van der Waals surface area contributed by atoms with E-state index < -0.39 is 0 Å². The first-order chi connectivity index (χ1) is 5.72. The number of hydrogen-bond donors (Lipinski definition) is 1. The highest BCUT2D eigenvalue weighted by Gasteiger charge is 2.22. The molecule has 0 bridgehead atoms. The van der Waals surface area contributed by atoms with E-state index in [9.17, 15) is 0 Å². The Kier molecular flexibility index (Phi) is 3.80. The molecule has 0 amide bonds. The van der Waals surface area contributed by atoms with E-state index in [-0.39, 0.29) is 0 Å². The average Bonchev–Trinajstić information content (AvgIpc) is 1.99. The molecule has 1 aliphatic rings. The first-order valence-corrected chi connectivity index (χ1v) is 5.06. The molecular formula is C11H21N. The highest BCUT2D eigenvalue weighted by atomic mass is 14.9. The molecule has 2 unspecified atom stereocenters. The molecule has 1 nitrogen and oxygen atoms in total. The summed E-state index contributed by atoms with van der Waals surface area (Å²) in [5.74, 6) is 1.80. The second-order valence-electron chi connectivity index (χ2n) is 4.31. The Morgan fingerprint density at radius 3 is 2.33 bits per heavy atom. The topological polar surface area (TPSA) is 12.0 Å². The minimum Gasteiger partial charge on any atom is -0.311 e. The van der Waals surface area contributed by atoms with Crippen molar-refractivity contribution in [2.75, 3.05) is 6.54 Å². The fraction of sp³-hybridized carbons (Fsp3) is 0.818. The lowest BCUT2D eigenvalue weighted by Crippen LogP contribution is -2.36. The number of rotatable bonds is 3. The second kappa shape index (κ2) is 4.66. The van der Waals surface area contributed by atoms with Crippen LogP contribution >= 0.6 is 0 Å². The van der Waals surface area contributed by atoms with Gasteiger partial charge in [0.25, 0.3) is 0 Å². The van der Waals surface area contributed by atoms with Gasteiger partial charge >= 0.3 is 0 Å². The molecule has 0 aliphatic heterocycles. The van der Waals surface area contributed by atoms with Gasteiger partial charge in [0.1, 0.15) is 0 Å². The molecule has 0 aromatic rings. The Bertz CT molecular complexity index is 132. The number of nitrogens with one attached hydrogen (secondary N) is 1. The molecule has 1 heteroatoms. The van der Waals surface area contributed by atoms with Gasteiger partial charge in [0.2, 0.25) is 0 Å². The van der Waals surface area contributed by atoms with Crippen molar-refractivity contribution in [1.29, 1.82) is 0 Å². The molecule has 0 heterocycles.